The van der Waals surface area contributed by atoms with Crippen LogP contribution in [0.25, 0.3) is 0 Å². The molecule has 20 heavy (non-hydrogen) atoms. The summed E-state index contributed by atoms with van der Waals surface area (Å²) in [6.45, 7) is 9.26. The minimum absolute atomic E-state index is 0.135. The standard InChI is InChI=1S/C15H31N3O2/c1-5-16-14(15(19)20-6-2)12-18(4)11-13-7-9-17(3)10-8-13/h13-14,16H,5-12H2,1-4H3. The molecule has 1 unspecified atom stereocenters. The van der Waals surface area contributed by atoms with E-state index in [1.54, 1.807) is 0 Å². The summed E-state index contributed by atoms with van der Waals surface area (Å²) in [6, 6.07) is -0.212. The van der Waals surface area contributed by atoms with Crippen molar-refractivity contribution >= 4 is 5.97 Å². The Balaban J connectivity index is 2.37. The molecule has 118 valence electrons. The van der Waals surface area contributed by atoms with Crippen LogP contribution in [0.15, 0.2) is 0 Å². The fourth-order valence-corrected chi connectivity index (χ4v) is 2.78. The van der Waals surface area contributed by atoms with Crippen LogP contribution in [0, 0.1) is 5.92 Å². The summed E-state index contributed by atoms with van der Waals surface area (Å²) in [6.07, 6.45) is 2.51. The van der Waals surface area contributed by atoms with Gasteiger partial charge in [-0.05, 0) is 59.4 Å². The summed E-state index contributed by atoms with van der Waals surface area (Å²) < 4.78 is 5.13. The van der Waals surface area contributed by atoms with Crippen molar-refractivity contribution < 1.29 is 9.53 Å². The number of nitrogens with one attached hydrogen (secondary N) is 1. The zero-order valence-corrected chi connectivity index (χ0v) is 13.5. The van der Waals surface area contributed by atoms with E-state index in [1.165, 1.54) is 25.9 Å². The summed E-state index contributed by atoms with van der Waals surface area (Å²) in [5.41, 5.74) is 0. The molecule has 0 amide bonds. The number of rotatable bonds is 8. The lowest BCUT2D eigenvalue weighted by Crippen LogP contribution is -2.47. The number of likely N-dealkylation sites (N-methyl/N-ethyl adjacent to an activating group) is 2. The summed E-state index contributed by atoms with van der Waals surface area (Å²) in [7, 11) is 4.28. The molecule has 1 heterocycles. The molecule has 1 rings (SSSR count). The van der Waals surface area contributed by atoms with Gasteiger partial charge in [-0.3, -0.25) is 4.79 Å². The van der Waals surface area contributed by atoms with Crippen molar-refractivity contribution in [3.8, 4) is 0 Å². The Morgan fingerprint density at radius 1 is 1.40 bits per heavy atom. The molecule has 0 saturated carbocycles. The molecule has 1 aliphatic rings. The second-order valence-electron chi connectivity index (χ2n) is 5.83. The van der Waals surface area contributed by atoms with E-state index in [-0.39, 0.29) is 12.0 Å². The number of piperidine rings is 1. The predicted molar refractivity (Wildman–Crippen MR) is 81.8 cm³/mol. The first-order chi connectivity index (χ1) is 9.56. The van der Waals surface area contributed by atoms with Crippen molar-refractivity contribution in [1.82, 2.24) is 15.1 Å². The van der Waals surface area contributed by atoms with Crippen LogP contribution >= 0.6 is 0 Å². The van der Waals surface area contributed by atoms with Crippen LogP contribution in [-0.4, -0.2) is 75.2 Å². The van der Waals surface area contributed by atoms with E-state index in [1.807, 2.05) is 13.8 Å². The van der Waals surface area contributed by atoms with Gasteiger partial charge in [-0.2, -0.15) is 0 Å². The van der Waals surface area contributed by atoms with Crippen LogP contribution in [0.5, 0.6) is 0 Å². The van der Waals surface area contributed by atoms with Crippen LogP contribution in [0.3, 0.4) is 0 Å². The largest absolute Gasteiger partial charge is 0.465 e. The maximum Gasteiger partial charge on any atom is 0.324 e. The zero-order chi connectivity index (χ0) is 15.0. The Morgan fingerprint density at radius 3 is 2.60 bits per heavy atom. The van der Waals surface area contributed by atoms with Crippen LogP contribution in [0.4, 0.5) is 0 Å². The van der Waals surface area contributed by atoms with Crippen molar-refractivity contribution in [1.29, 1.82) is 0 Å². The predicted octanol–water partition coefficient (Wildman–Crippen LogP) is 0.801. The number of hydrogen-bond acceptors (Lipinski definition) is 5. The van der Waals surface area contributed by atoms with Crippen molar-refractivity contribution in [3.63, 3.8) is 0 Å². The minimum Gasteiger partial charge on any atom is -0.465 e. The lowest BCUT2D eigenvalue weighted by atomic mass is 9.96. The van der Waals surface area contributed by atoms with Crippen LogP contribution in [-0.2, 0) is 9.53 Å². The summed E-state index contributed by atoms with van der Waals surface area (Å²) in [5.74, 6) is 0.616. The van der Waals surface area contributed by atoms with Gasteiger partial charge in [0.1, 0.15) is 6.04 Å². The molecule has 1 fully saturated rings. The van der Waals surface area contributed by atoms with Crippen LogP contribution in [0.1, 0.15) is 26.7 Å². The van der Waals surface area contributed by atoms with Gasteiger partial charge in [0.05, 0.1) is 6.61 Å². The van der Waals surface area contributed by atoms with Gasteiger partial charge < -0.3 is 19.9 Å². The highest BCUT2D eigenvalue weighted by Gasteiger charge is 2.23. The Morgan fingerprint density at radius 2 is 2.05 bits per heavy atom. The molecular formula is C15H31N3O2. The van der Waals surface area contributed by atoms with E-state index in [9.17, 15) is 4.79 Å². The van der Waals surface area contributed by atoms with Crippen LogP contribution < -0.4 is 5.32 Å². The number of esters is 1. The molecule has 0 aromatic rings. The Hall–Kier alpha value is -0.650. The molecule has 0 spiro atoms. The van der Waals surface area contributed by atoms with E-state index in [0.717, 1.165) is 25.6 Å². The average Bonchev–Trinajstić information content (AvgIpc) is 2.41. The summed E-state index contributed by atoms with van der Waals surface area (Å²) in [5, 5.41) is 3.22. The van der Waals surface area contributed by atoms with Gasteiger partial charge in [-0.15, -0.1) is 0 Å². The number of hydrogen-bond donors (Lipinski definition) is 1. The Labute approximate surface area is 123 Å². The fraction of sp³-hybridized carbons (Fsp3) is 0.933. The number of carbonyl (C=O) groups is 1. The highest BCUT2D eigenvalue weighted by molar-refractivity contribution is 5.76. The third-order valence-corrected chi connectivity index (χ3v) is 3.92. The molecule has 0 aliphatic carbocycles. The normalized spacial score (nSPS) is 19.2. The van der Waals surface area contributed by atoms with E-state index in [4.69, 9.17) is 4.74 Å². The molecule has 0 aromatic heterocycles. The molecule has 1 N–H and O–H groups in total. The summed E-state index contributed by atoms with van der Waals surface area (Å²) in [4.78, 5) is 16.5. The quantitative estimate of drug-likeness (QED) is 0.668. The SMILES string of the molecule is CCNC(CN(C)CC1CCN(C)CC1)C(=O)OCC. The minimum atomic E-state index is -0.212. The first kappa shape index (κ1) is 17.4. The molecule has 0 radical (unpaired) electrons. The third kappa shape index (κ3) is 6.20. The molecule has 0 bridgehead atoms. The molecule has 1 aliphatic heterocycles. The van der Waals surface area contributed by atoms with Gasteiger partial charge in [0.15, 0.2) is 0 Å². The number of ether oxygens (including phenoxy) is 1. The van der Waals surface area contributed by atoms with Gasteiger partial charge in [0, 0.05) is 13.1 Å². The number of likely N-dealkylation sites (tertiary alicyclic amines) is 1. The molecular weight excluding hydrogens is 254 g/mol. The third-order valence-electron chi connectivity index (χ3n) is 3.92. The van der Waals surface area contributed by atoms with Crippen LogP contribution in [0.2, 0.25) is 0 Å². The number of carbonyl (C=O) groups excluding carboxylic acids is 1. The molecule has 1 saturated heterocycles. The molecule has 5 nitrogen and oxygen atoms in total. The monoisotopic (exact) mass is 285 g/mol. The van der Waals surface area contributed by atoms with Gasteiger partial charge in [0.25, 0.3) is 0 Å². The van der Waals surface area contributed by atoms with E-state index in [2.05, 4.69) is 29.2 Å². The highest BCUT2D eigenvalue weighted by atomic mass is 16.5. The van der Waals surface area contributed by atoms with Gasteiger partial charge in [0.2, 0.25) is 0 Å². The average molecular weight is 285 g/mol. The van der Waals surface area contributed by atoms with Crippen molar-refractivity contribution in [2.45, 2.75) is 32.7 Å². The lowest BCUT2D eigenvalue weighted by Gasteiger charge is -2.32. The fourth-order valence-electron chi connectivity index (χ4n) is 2.78. The Bertz CT molecular complexity index is 278. The molecule has 0 aromatic carbocycles. The van der Waals surface area contributed by atoms with Gasteiger partial charge in [-0.1, -0.05) is 6.92 Å². The lowest BCUT2D eigenvalue weighted by molar-refractivity contribution is -0.146. The second kappa shape index (κ2) is 9.32. The van der Waals surface area contributed by atoms with E-state index >= 15 is 0 Å². The second-order valence-corrected chi connectivity index (χ2v) is 5.83. The zero-order valence-electron chi connectivity index (χ0n) is 13.5. The van der Waals surface area contributed by atoms with E-state index < -0.39 is 0 Å². The Kier molecular flexibility index (Phi) is 8.11. The van der Waals surface area contributed by atoms with Crippen molar-refractivity contribution in [2.75, 3.05) is 53.4 Å². The first-order valence-electron chi connectivity index (χ1n) is 7.83. The summed E-state index contributed by atoms with van der Waals surface area (Å²) >= 11 is 0. The maximum absolute atomic E-state index is 11.9. The highest BCUT2D eigenvalue weighted by Crippen LogP contribution is 2.16. The van der Waals surface area contributed by atoms with Crippen molar-refractivity contribution in [3.05, 3.63) is 0 Å². The van der Waals surface area contributed by atoms with Gasteiger partial charge >= 0.3 is 5.97 Å². The maximum atomic E-state index is 11.9. The topological polar surface area (TPSA) is 44.8 Å². The van der Waals surface area contributed by atoms with E-state index in [0.29, 0.717) is 6.61 Å². The molecule has 5 heteroatoms. The number of nitrogens with zero attached hydrogens (tertiary/aromatic N) is 2. The smallest absolute Gasteiger partial charge is 0.324 e. The van der Waals surface area contributed by atoms with Crippen molar-refractivity contribution in [2.24, 2.45) is 5.92 Å². The molecule has 1 atom stereocenters. The van der Waals surface area contributed by atoms with Gasteiger partial charge in [-0.25, -0.2) is 0 Å². The first-order valence-corrected chi connectivity index (χ1v) is 7.83.